The van der Waals surface area contributed by atoms with Gasteiger partial charge in [-0.3, -0.25) is 9.59 Å². The third-order valence-electron chi connectivity index (χ3n) is 2.86. The Kier molecular flexibility index (Phi) is 4.39. The van der Waals surface area contributed by atoms with E-state index in [0.717, 1.165) is 0 Å². The number of carbonyl (C=O) groups is 1. The van der Waals surface area contributed by atoms with Crippen LogP contribution in [0.15, 0.2) is 11.0 Å². The molecule has 1 atom stereocenters. The summed E-state index contributed by atoms with van der Waals surface area (Å²) in [5.74, 6) is -0.0559. The van der Waals surface area contributed by atoms with E-state index in [-0.39, 0.29) is 10.9 Å². The summed E-state index contributed by atoms with van der Waals surface area (Å²) in [5.41, 5.74) is -0.141. The molecule has 0 saturated carbocycles. The van der Waals surface area contributed by atoms with Gasteiger partial charge in [0, 0.05) is 13.1 Å². The highest BCUT2D eigenvalue weighted by Crippen LogP contribution is 2.16. The number of hydrogen-bond acceptors (Lipinski definition) is 5. The summed E-state index contributed by atoms with van der Waals surface area (Å²) in [6.07, 6.45) is 1.38. The number of aromatic amines is 1. The monoisotopic (exact) mass is 286 g/mol. The van der Waals surface area contributed by atoms with Gasteiger partial charge in [-0.05, 0) is 6.92 Å². The summed E-state index contributed by atoms with van der Waals surface area (Å²) in [6, 6.07) is -0.487. The highest BCUT2D eigenvalue weighted by atomic mass is 35.5. The zero-order valence-corrected chi connectivity index (χ0v) is 11.2. The van der Waals surface area contributed by atoms with E-state index in [1.807, 2.05) is 0 Å². The van der Waals surface area contributed by atoms with Crippen molar-refractivity contribution in [1.82, 2.24) is 15.1 Å². The van der Waals surface area contributed by atoms with Gasteiger partial charge in [0.25, 0.3) is 5.56 Å². The van der Waals surface area contributed by atoms with E-state index in [1.165, 1.54) is 6.20 Å². The molecule has 1 aromatic rings. The first-order valence-corrected chi connectivity index (χ1v) is 6.33. The number of ether oxygens (including phenoxy) is 1. The van der Waals surface area contributed by atoms with Gasteiger partial charge in [-0.15, -0.1) is 0 Å². The van der Waals surface area contributed by atoms with Crippen LogP contribution in [0.25, 0.3) is 0 Å². The molecule has 1 unspecified atom stereocenters. The number of carbonyl (C=O) groups excluding carboxylic acids is 1. The van der Waals surface area contributed by atoms with Crippen LogP contribution in [0.2, 0.25) is 5.02 Å². The Labute approximate surface area is 114 Å². The summed E-state index contributed by atoms with van der Waals surface area (Å²) in [5, 5.41) is 8.76. The Morgan fingerprint density at radius 1 is 1.58 bits per heavy atom. The quantitative estimate of drug-likeness (QED) is 0.822. The maximum Gasteiger partial charge on any atom is 0.285 e. The van der Waals surface area contributed by atoms with Gasteiger partial charge >= 0.3 is 0 Å². The van der Waals surface area contributed by atoms with Gasteiger partial charge in [-0.2, -0.15) is 5.10 Å². The molecule has 0 spiro atoms. The van der Waals surface area contributed by atoms with E-state index >= 15 is 0 Å². The molecule has 104 valence electrons. The van der Waals surface area contributed by atoms with Crippen molar-refractivity contribution in [1.29, 1.82) is 0 Å². The van der Waals surface area contributed by atoms with Crippen LogP contribution >= 0.6 is 11.6 Å². The summed E-state index contributed by atoms with van der Waals surface area (Å²) in [6.45, 7) is 3.96. The number of H-pyrrole nitrogens is 1. The number of rotatable bonds is 3. The van der Waals surface area contributed by atoms with Crippen molar-refractivity contribution < 1.29 is 9.53 Å². The van der Waals surface area contributed by atoms with Crippen molar-refractivity contribution in [2.24, 2.45) is 0 Å². The predicted octanol–water partition coefficient (Wildman–Crippen LogP) is 0.0825. The average molecular weight is 287 g/mol. The normalized spacial score (nSPS) is 17.1. The lowest BCUT2D eigenvalue weighted by Crippen LogP contribution is -2.47. The number of aromatic nitrogens is 2. The molecule has 0 aromatic carbocycles. The maximum atomic E-state index is 12.2. The smallest absolute Gasteiger partial charge is 0.285 e. The number of halogens is 1. The highest BCUT2D eigenvalue weighted by Gasteiger charge is 2.23. The highest BCUT2D eigenvalue weighted by molar-refractivity contribution is 6.33. The Balaban J connectivity index is 2.03. The number of nitrogens with one attached hydrogen (secondary N) is 2. The van der Waals surface area contributed by atoms with Crippen LogP contribution in [0, 0.1) is 0 Å². The molecule has 2 heterocycles. The maximum absolute atomic E-state index is 12.2. The molecule has 0 aliphatic carbocycles. The first-order valence-electron chi connectivity index (χ1n) is 5.96. The van der Waals surface area contributed by atoms with Crippen LogP contribution in [0.1, 0.15) is 6.92 Å². The van der Waals surface area contributed by atoms with Crippen molar-refractivity contribution in [2.75, 3.05) is 31.6 Å². The van der Waals surface area contributed by atoms with Crippen molar-refractivity contribution in [3.8, 4) is 0 Å². The lowest BCUT2D eigenvalue weighted by molar-refractivity contribution is -0.135. The average Bonchev–Trinajstić information content (AvgIpc) is 2.44. The number of hydrogen-bond donors (Lipinski definition) is 2. The first kappa shape index (κ1) is 13.8. The molecule has 1 aromatic heterocycles. The van der Waals surface area contributed by atoms with Crippen LogP contribution < -0.4 is 10.9 Å². The predicted molar refractivity (Wildman–Crippen MR) is 70.4 cm³/mol. The minimum absolute atomic E-state index is 0.00312. The van der Waals surface area contributed by atoms with Gasteiger partial charge in [0.05, 0.1) is 25.1 Å². The lowest BCUT2D eigenvalue weighted by Gasteiger charge is -2.29. The molecule has 1 aliphatic heterocycles. The molecule has 0 bridgehead atoms. The lowest BCUT2D eigenvalue weighted by atomic mass is 10.2. The van der Waals surface area contributed by atoms with E-state index in [4.69, 9.17) is 16.3 Å². The van der Waals surface area contributed by atoms with Crippen molar-refractivity contribution >= 4 is 23.2 Å². The van der Waals surface area contributed by atoms with Crippen LogP contribution in [-0.2, 0) is 9.53 Å². The van der Waals surface area contributed by atoms with Gasteiger partial charge in [0.15, 0.2) is 0 Å². The second kappa shape index (κ2) is 6.03. The third-order valence-corrected chi connectivity index (χ3v) is 3.24. The Bertz CT molecular complexity index is 513. The van der Waals surface area contributed by atoms with Crippen LogP contribution in [0.3, 0.4) is 0 Å². The largest absolute Gasteiger partial charge is 0.378 e. The van der Waals surface area contributed by atoms with Gasteiger partial charge in [0.2, 0.25) is 5.91 Å². The van der Waals surface area contributed by atoms with E-state index in [1.54, 1.807) is 11.8 Å². The van der Waals surface area contributed by atoms with Crippen molar-refractivity contribution in [3.63, 3.8) is 0 Å². The van der Waals surface area contributed by atoms with E-state index in [2.05, 4.69) is 15.5 Å². The van der Waals surface area contributed by atoms with Crippen molar-refractivity contribution in [3.05, 3.63) is 21.6 Å². The van der Waals surface area contributed by atoms with E-state index in [9.17, 15) is 9.59 Å². The van der Waals surface area contributed by atoms with Gasteiger partial charge < -0.3 is 15.0 Å². The molecule has 19 heavy (non-hydrogen) atoms. The topological polar surface area (TPSA) is 87.3 Å². The number of amides is 1. The molecule has 8 heteroatoms. The Hall–Kier alpha value is -1.60. The van der Waals surface area contributed by atoms with Crippen LogP contribution in [-0.4, -0.2) is 53.3 Å². The summed E-state index contributed by atoms with van der Waals surface area (Å²) >= 11 is 5.84. The molecule has 7 nitrogen and oxygen atoms in total. The Morgan fingerprint density at radius 2 is 2.26 bits per heavy atom. The molecule has 0 radical (unpaired) electrons. The van der Waals surface area contributed by atoms with Gasteiger partial charge in [0.1, 0.15) is 11.1 Å². The molecular formula is C11H15ClN4O3. The molecular weight excluding hydrogens is 272 g/mol. The molecule has 1 aliphatic rings. The number of nitrogens with zero attached hydrogens (tertiary/aromatic N) is 2. The molecule has 2 N–H and O–H groups in total. The van der Waals surface area contributed by atoms with Crippen molar-refractivity contribution in [2.45, 2.75) is 13.0 Å². The summed E-state index contributed by atoms with van der Waals surface area (Å²) in [7, 11) is 0. The van der Waals surface area contributed by atoms with E-state index in [0.29, 0.717) is 32.0 Å². The fourth-order valence-corrected chi connectivity index (χ4v) is 1.98. The van der Waals surface area contributed by atoms with Gasteiger partial charge in [-0.25, -0.2) is 5.10 Å². The second-order valence-corrected chi connectivity index (χ2v) is 4.61. The van der Waals surface area contributed by atoms with Crippen LogP contribution in [0.4, 0.5) is 5.69 Å². The first-order chi connectivity index (χ1) is 9.09. The number of morpholine rings is 1. The third kappa shape index (κ3) is 3.24. The fourth-order valence-electron chi connectivity index (χ4n) is 1.84. The molecule has 1 fully saturated rings. The molecule has 1 saturated heterocycles. The van der Waals surface area contributed by atoms with E-state index < -0.39 is 11.6 Å². The zero-order chi connectivity index (χ0) is 13.8. The standard InChI is InChI=1S/C11H15ClN4O3/c1-7(11(18)16-2-4-19-5-3-16)14-8-6-13-15-10(17)9(8)12/h6-7H,2-5H2,1H3,(H2,14,15,17). The summed E-state index contributed by atoms with van der Waals surface area (Å²) in [4.78, 5) is 25.2. The minimum Gasteiger partial charge on any atom is -0.378 e. The second-order valence-electron chi connectivity index (χ2n) is 4.23. The zero-order valence-electron chi connectivity index (χ0n) is 10.5. The molecule has 1 amide bonds. The fraction of sp³-hybridized carbons (Fsp3) is 0.545. The number of anilines is 1. The van der Waals surface area contributed by atoms with Gasteiger partial charge in [-0.1, -0.05) is 11.6 Å². The Morgan fingerprint density at radius 3 is 2.95 bits per heavy atom. The van der Waals surface area contributed by atoms with Crippen LogP contribution in [0.5, 0.6) is 0 Å². The summed E-state index contributed by atoms with van der Waals surface area (Å²) < 4.78 is 5.19. The molecule has 2 rings (SSSR count). The minimum atomic E-state index is -0.488. The SMILES string of the molecule is CC(Nc1cn[nH]c(=O)c1Cl)C(=O)N1CCOCC1.